The van der Waals surface area contributed by atoms with Crippen LogP contribution in [0, 0.1) is 11.8 Å². The van der Waals surface area contributed by atoms with Crippen LogP contribution in [0.15, 0.2) is 36.5 Å². The molecule has 2 aromatic heterocycles. The zero-order valence-corrected chi connectivity index (χ0v) is 21.6. The Morgan fingerprint density at radius 1 is 1.06 bits per heavy atom. The molecule has 1 aliphatic heterocycles. The smallest absolute Gasteiger partial charge is 0.252 e. The first kappa shape index (κ1) is 23.7. The Kier molecular flexibility index (Phi) is 6.79. The molecule has 6 nitrogen and oxygen atoms in total. The van der Waals surface area contributed by atoms with Gasteiger partial charge in [0.05, 0.1) is 11.2 Å². The summed E-state index contributed by atoms with van der Waals surface area (Å²) in [6.45, 7) is 6.77. The Morgan fingerprint density at radius 2 is 1.89 bits per heavy atom. The summed E-state index contributed by atoms with van der Waals surface area (Å²) in [5, 5.41) is 9.30. The molecule has 0 spiro atoms. The van der Waals surface area contributed by atoms with Crippen LogP contribution in [0.5, 0.6) is 0 Å². The molecule has 1 aromatic carbocycles. The minimum atomic E-state index is 0.0359. The SMILES string of the molecule is CCc1c2c(nn1CC1CC1)CN(CCC1CCC(NC(=O)c3cccc4ncccc34)CC1)CC2. The van der Waals surface area contributed by atoms with Gasteiger partial charge in [0, 0.05) is 48.5 Å². The van der Waals surface area contributed by atoms with Crippen LogP contribution < -0.4 is 5.32 Å². The number of carbonyl (C=O) groups is 1. The van der Waals surface area contributed by atoms with E-state index in [-0.39, 0.29) is 11.9 Å². The summed E-state index contributed by atoms with van der Waals surface area (Å²) in [6.07, 6.45) is 12.6. The molecule has 1 amide bonds. The van der Waals surface area contributed by atoms with E-state index in [1.54, 1.807) is 11.8 Å². The van der Waals surface area contributed by atoms with Crippen molar-refractivity contribution >= 4 is 16.8 Å². The Hall–Kier alpha value is -2.73. The summed E-state index contributed by atoms with van der Waals surface area (Å²) in [6, 6.07) is 9.96. The quantitative estimate of drug-likeness (QED) is 0.480. The molecule has 2 aliphatic carbocycles. The van der Waals surface area contributed by atoms with Gasteiger partial charge in [-0.1, -0.05) is 19.1 Å². The van der Waals surface area contributed by atoms with Crippen molar-refractivity contribution in [1.82, 2.24) is 25.0 Å². The van der Waals surface area contributed by atoms with Crippen LogP contribution in [-0.2, 0) is 25.9 Å². The number of nitrogens with one attached hydrogen (secondary N) is 1. The topological polar surface area (TPSA) is 63.1 Å². The molecule has 190 valence electrons. The van der Waals surface area contributed by atoms with Crippen molar-refractivity contribution < 1.29 is 4.79 Å². The zero-order valence-electron chi connectivity index (χ0n) is 21.6. The third-order valence-electron chi connectivity index (χ3n) is 8.69. The third-order valence-corrected chi connectivity index (χ3v) is 8.69. The molecular formula is C30H39N5O. The van der Waals surface area contributed by atoms with E-state index in [2.05, 4.69) is 26.8 Å². The summed E-state index contributed by atoms with van der Waals surface area (Å²) in [5.74, 6) is 1.67. The summed E-state index contributed by atoms with van der Waals surface area (Å²) >= 11 is 0. The van der Waals surface area contributed by atoms with Gasteiger partial charge in [-0.2, -0.15) is 5.10 Å². The monoisotopic (exact) mass is 485 g/mol. The zero-order chi connectivity index (χ0) is 24.5. The van der Waals surface area contributed by atoms with Crippen LogP contribution in [0.25, 0.3) is 10.9 Å². The highest BCUT2D eigenvalue weighted by Gasteiger charge is 2.29. The second-order valence-electron chi connectivity index (χ2n) is 11.2. The minimum Gasteiger partial charge on any atom is -0.349 e. The molecule has 0 radical (unpaired) electrons. The van der Waals surface area contributed by atoms with Crippen LogP contribution in [0.2, 0.25) is 0 Å². The lowest BCUT2D eigenvalue weighted by atomic mass is 9.83. The average molecular weight is 486 g/mol. The average Bonchev–Trinajstić information content (AvgIpc) is 3.66. The van der Waals surface area contributed by atoms with Gasteiger partial charge in [0.25, 0.3) is 5.91 Å². The number of rotatable bonds is 8. The fourth-order valence-corrected chi connectivity index (χ4v) is 6.37. The van der Waals surface area contributed by atoms with E-state index in [9.17, 15) is 4.79 Å². The number of nitrogens with zero attached hydrogens (tertiary/aromatic N) is 4. The lowest BCUT2D eigenvalue weighted by Crippen LogP contribution is -2.38. The van der Waals surface area contributed by atoms with E-state index in [4.69, 9.17) is 5.10 Å². The number of amides is 1. The van der Waals surface area contributed by atoms with Crippen molar-refractivity contribution in [3.05, 3.63) is 59.0 Å². The number of carbonyl (C=O) groups excluding carboxylic acids is 1. The molecule has 0 bridgehead atoms. The number of aromatic nitrogens is 3. The molecule has 1 N–H and O–H groups in total. The Morgan fingerprint density at radius 3 is 2.69 bits per heavy atom. The fourth-order valence-electron chi connectivity index (χ4n) is 6.37. The predicted molar refractivity (Wildman–Crippen MR) is 143 cm³/mol. The van der Waals surface area contributed by atoms with Crippen molar-refractivity contribution in [2.75, 3.05) is 13.1 Å². The van der Waals surface area contributed by atoms with Gasteiger partial charge < -0.3 is 5.32 Å². The van der Waals surface area contributed by atoms with E-state index < -0.39 is 0 Å². The predicted octanol–water partition coefficient (Wildman–Crippen LogP) is 5.14. The highest BCUT2D eigenvalue weighted by molar-refractivity contribution is 6.06. The number of hydrogen-bond donors (Lipinski definition) is 1. The Balaban J connectivity index is 0.979. The lowest BCUT2D eigenvalue weighted by molar-refractivity contribution is 0.0921. The summed E-state index contributed by atoms with van der Waals surface area (Å²) in [7, 11) is 0. The molecule has 2 saturated carbocycles. The van der Waals surface area contributed by atoms with E-state index in [0.717, 1.165) is 67.1 Å². The van der Waals surface area contributed by atoms with Gasteiger partial charge in [0.15, 0.2) is 0 Å². The third kappa shape index (κ3) is 5.06. The van der Waals surface area contributed by atoms with Crippen LogP contribution in [0.1, 0.15) is 79.2 Å². The molecule has 6 heteroatoms. The first-order valence-electron chi connectivity index (χ1n) is 14.1. The Bertz CT molecular complexity index is 1220. The van der Waals surface area contributed by atoms with Gasteiger partial charge in [-0.15, -0.1) is 0 Å². The molecule has 36 heavy (non-hydrogen) atoms. The van der Waals surface area contributed by atoms with Crippen LogP contribution in [-0.4, -0.2) is 44.7 Å². The van der Waals surface area contributed by atoms with Gasteiger partial charge >= 0.3 is 0 Å². The lowest BCUT2D eigenvalue weighted by Gasteiger charge is -2.32. The molecule has 3 aliphatic rings. The summed E-state index contributed by atoms with van der Waals surface area (Å²) in [5.41, 5.74) is 6.00. The normalized spacial score (nSPS) is 22.5. The van der Waals surface area contributed by atoms with Crippen molar-refractivity contribution in [2.45, 2.75) is 83.8 Å². The second kappa shape index (κ2) is 10.3. The molecule has 3 heterocycles. The first-order chi connectivity index (χ1) is 17.7. The molecule has 3 aromatic rings. The van der Waals surface area contributed by atoms with Gasteiger partial charge in [-0.3, -0.25) is 19.4 Å². The maximum Gasteiger partial charge on any atom is 0.252 e. The number of hydrogen-bond acceptors (Lipinski definition) is 4. The van der Waals surface area contributed by atoms with Gasteiger partial charge in [-0.05, 0) is 99.9 Å². The number of fused-ring (bicyclic) bond motifs is 2. The van der Waals surface area contributed by atoms with E-state index >= 15 is 0 Å². The fraction of sp³-hybridized carbons (Fsp3) is 0.567. The number of pyridine rings is 1. The van der Waals surface area contributed by atoms with E-state index in [1.165, 1.54) is 56.6 Å². The van der Waals surface area contributed by atoms with Crippen molar-refractivity contribution in [3.8, 4) is 0 Å². The largest absolute Gasteiger partial charge is 0.349 e. The highest BCUT2D eigenvalue weighted by atomic mass is 16.1. The maximum atomic E-state index is 13.0. The van der Waals surface area contributed by atoms with Crippen LogP contribution >= 0.6 is 0 Å². The van der Waals surface area contributed by atoms with Gasteiger partial charge in [0.2, 0.25) is 0 Å². The molecule has 6 rings (SSSR count). The van der Waals surface area contributed by atoms with Crippen LogP contribution in [0.4, 0.5) is 0 Å². The van der Waals surface area contributed by atoms with Gasteiger partial charge in [0.1, 0.15) is 0 Å². The standard InChI is InChI=1S/C30H39N5O/c1-2-29-26-15-18-34(20-28(26)33-35(29)19-22-8-9-22)17-14-21-10-12-23(13-11-21)32-30(36)25-5-3-7-27-24(25)6-4-16-31-27/h3-7,16,21-23H,2,8-15,17-20H2,1H3,(H,32,36). The van der Waals surface area contributed by atoms with Crippen molar-refractivity contribution in [2.24, 2.45) is 11.8 Å². The first-order valence-corrected chi connectivity index (χ1v) is 14.1. The summed E-state index contributed by atoms with van der Waals surface area (Å²) < 4.78 is 2.34. The highest BCUT2D eigenvalue weighted by Crippen LogP contribution is 2.33. The molecular weight excluding hydrogens is 446 g/mol. The molecule has 0 saturated heterocycles. The van der Waals surface area contributed by atoms with Crippen molar-refractivity contribution in [3.63, 3.8) is 0 Å². The van der Waals surface area contributed by atoms with Crippen molar-refractivity contribution in [1.29, 1.82) is 0 Å². The molecule has 2 fully saturated rings. The summed E-state index contributed by atoms with van der Waals surface area (Å²) in [4.78, 5) is 20.0. The maximum absolute atomic E-state index is 13.0. The second-order valence-corrected chi connectivity index (χ2v) is 11.2. The molecule has 0 atom stereocenters. The van der Waals surface area contributed by atoms with E-state index in [1.807, 2.05) is 30.3 Å². The Labute approximate surface area is 214 Å². The van der Waals surface area contributed by atoms with E-state index in [0.29, 0.717) is 0 Å². The van der Waals surface area contributed by atoms with Gasteiger partial charge in [-0.25, -0.2) is 0 Å². The molecule has 0 unspecified atom stereocenters. The number of benzene rings is 1. The minimum absolute atomic E-state index is 0.0359. The van der Waals surface area contributed by atoms with Crippen LogP contribution in [0.3, 0.4) is 0 Å².